The van der Waals surface area contributed by atoms with Gasteiger partial charge in [0.25, 0.3) is 0 Å². The molecule has 2 fully saturated rings. The van der Waals surface area contributed by atoms with Crippen molar-refractivity contribution in [3.63, 3.8) is 0 Å². The largest absolute Gasteiger partial charge is 0.286 e. The minimum absolute atomic E-state index is 0.332. The molecule has 0 amide bonds. The molecule has 102 valence electrons. The van der Waals surface area contributed by atoms with Crippen molar-refractivity contribution in [3.8, 4) is 0 Å². The summed E-state index contributed by atoms with van der Waals surface area (Å²) in [6.07, 6.45) is 9.79. The van der Waals surface area contributed by atoms with E-state index >= 15 is 0 Å². The third-order valence-electron chi connectivity index (χ3n) is 4.99. The maximum absolute atomic E-state index is 5.09. The lowest BCUT2D eigenvalue weighted by Crippen LogP contribution is -2.17. The molecule has 1 nitrogen and oxygen atoms in total. The Morgan fingerprint density at radius 3 is 2.47 bits per heavy atom. The highest BCUT2D eigenvalue weighted by Gasteiger charge is 2.32. The Morgan fingerprint density at radius 1 is 1.00 bits per heavy atom. The van der Waals surface area contributed by atoms with Gasteiger partial charge in [0.15, 0.2) is 0 Å². The van der Waals surface area contributed by atoms with Gasteiger partial charge in [-0.1, -0.05) is 43.2 Å². The Kier molecular flexibility index (Phi) is 4.00. The summed E-state index contributed by atoms with van der Waals surface area (Å²) in [4.78, 5) is 5.09. The van der Waals surface area contributed by atoms with Crippen LogP contribution in [-0.2, 0) is 0 Å². The predicted molar refractivity (Wildman–Crippen MR) is 81.6 cm³/mol. The first-order chi connectivity index (χ1) is 9.34. The number of benzene rings is 1. The summed E-state index contributed by atoms with van der Waals surface area (Å²) in [5, 5.41) is 0. The molecule has 19 heavy (non-hydrogen) atoms. The molecule has 2 aliphatic rings. The van der Waals surface area contributed by atoms with Gasteiger partial charge in [-0.05, 0) is 56.4 Å². The Hall–Kier alpha value is -1.11. The number of rotatable bonds is 3. The van der Waals surface area contributed by atoms with Gasteiger partial charge in [-0.15, -0.1) is 0 Å². The zero-order valence-electron chi connectivity index (χ0n) is 12.0. The molecular formula is C18H25N. The van der Waals surface area contributed by atoms with Crippen molar-refractivity contribution in [2.75, 3.05) is 0 Å². The Bertz CT molecular complexity index is 428. The molecule has 2 aliphatic carbocycles. The highest BCUT2D eigenvalue weighted by Crippen LogP contribution is 2.39. The van der Waals surface area contributed by atoms with Crippen LogP contribution in [0.1, 0.15) is 63.5 Å². The van der Waals surface area contributed by atoms with Crippen LogP contribution in [0.4, 0.5) is 0 Å². The highest BCUT2D eigenvalue weighted by molar-refractivity contribution is 5.89. The zero-order chi connectivity index (χ0) is 13.1. The topological polar surface area (TPSA) is 12.4 Å². The molecule has 2 saturated carbocycles. The van der Waals surface area contributed by atoms with E-state index in [4.69, 9.17) is 4.99 Å². The Labute approximate surface area is 117 Å². The SMILES string of the molecule is C[C@@H](N=C1CCCC1C1CCCC1)c1ccccc1. The van der Waals surface area contributed by atoms with Crippen LogP contribution in [0.25, 0.3) is 0 Å². The summed E-state index contributed by atoms with van der Waals surface area (Å²) in [5.41, 5.74) is 2.88. The van der Waals surface area contributed by atoms with Crippen molar-refractivity contribution in [1.82, 2.24) is 0 Å². The first-order valence-electron chi connectivity index (χ1n) is 7.96. The zero-order valence-corrected chi connectivity index (χ0v) is 12.0. The first kappa shape index (κ1) is 12.9. The van der Waals surface area contributed by atoms with Crippen LogP contribution in [0.5, 0.6) is 0 Å². The van der Waals surface area contributed by atoms with E-state index in [1.807, 2.05) is 0 Å². The lowest BCUT2D eigenvalue weighted by atomic mass is 9.88. The summed E-state index contributed by atoms with van der Waals surface area (Å²) in [7, 11) is 0. The number of aliphatic imine (C=N–C) groups is 1. The van der Waals surface area contributed by atoms with Crippen LogP contribution in [0, 0.1) is 11.8 Å². The van der Waals surface area contributed by atoms with Crippen LogP contribution in [0.2, 0.25) is 0 Å². The molecule has 0 saturated heterocycles. The third-order valence-corrected chi connectivity index (χ3v) is 4.99. The van der Waals surface area contributed by atoms with Gasteiger partial charge in [0, 0.05) is 5.71 Å². The van der Waals surface area contributed by atoms with Gasteiger partial charge in [-0.2, -0.15) is 0 Å². The fourth-order valence-electron chi connectivity index (χ4n) is 3.94. The molecule has 1 aromatic carbocycles. The van der Waals surface area contributed by atoms with Crippen LogP contribution >= 0.6 is 0 Å². The molecule has 0 spiro atoms. The third kappa shape index (κ3) is 2.91. The monoisotopic (exact) mass is 255 g/mol. The van der Waals surface area contributed by atoms with E-state index < -0.39 is 0 Å². The Balaban J connectivity index is 1.74. The van der Waals surface area contributed by atoms with Gasteiger partial charge < -0.3 is 0 Å². The summed E-state index contributed by atoms with van der Waals surface area (Å²) in [6, 6.07) is 11.1. The van der Waals surface area contributed by atoms with Gasteiger partial charge in [-0.3, -0.25) is 4.99 Å². The van der Waals surface area contributed by atoms with E-state index in [2.05, 4.69) is 37.3 Å². The van der Waals surface area contributed by atoms with E-state index in [0.29, 0.717) is 6.04 Å². The molecule has 1 unspecified atom stereocenters. The maximum Gasteiger partial charge on any atom is 0.0720 e. The van der Waals surface area contributed by atoms with Gasteiger partial charge >= 0.3 is 0 Å². The summed E-state index contributed by atoms with van der Waals surface area (Å²) in [5.74, 6) is 1.76. The van der Waals surface area contributed by atoms with Crippen LogP contribution in [0.15, 0.2) is 35.3 Å². The molecule has 0 radical (unpaired) electrons. The smallest absolute Gasteiger partial charge is 0.0720 e. The molecule has 3 rings (SSSR count). The lowest BCUT2D eigenvalue weighted by Gasteiger charge is -2.20. The van der Waals surface area contributed by atoms with Crippen molar-refractivity contribution < 1.29 is 0 Å². The second-order valence-corrected chi connectivity index (χ2v) is 6.25. The van der Waals surface area contributed by atoms with E-state index in [0.717, 1.165) is 11.8 Å². The molecule has 2 atom stereocenters. The second-order valence-electron chi connectivity index (χ2n) is 6.25. The summed E-state index contributed by atoms with van der Waals surface area (Å²) in [6.45, 7) is 2.24. The molecule has 0 heterocycles. The molecule has 0 aromatic heterocycles. The van der Waals surface area contributed by atoms with Crippen molar-refractivity contribution in [1.29, 1.82) is 0 Å². The molecule has 0 aliphatic heterocycles. The summed E-state index contributed by atoms with van der Waals surface area (Å²) < 4.78 is 0. The van der Waals surface area contributed by atoms with Gasteiger partial charge in [0.1, 0.15) is 0 Å². The van der Waals surface area contributed by atoms with Gasteiger partial charge in [0.05, 0.1) is 6.04 Å². The quantitative estimate of drug-likeness (QED) is 0.705. The standard InChI is InChI=1S/C18H25N/c1-14(15-8-3-2-4-9-15)19-18-13-7-12-17(18)16-10-5-6-11-16/h2-4,8-9,14,16-17H,5-7,10-13H2,1H3/t14-,17?/m1/s1. The average molecular weight is 255 g/mol. The van der Waals surface area contributed by atoms with E-state index in [1.165, 1.54) is 56.2 Å². The van der Waals surface area contributed by atoms with Crippen LogP contribution < -0.4 is 0 Å². The van der Waals surface area contributed by atoms with E-state index in [1.54, 1.807) is 0 Å². The van der Waals surface area contributed by atoms with Crippen molar-refractivity contribution in [3.05, 3.63) is 35.9 Å². The van der Waals surface area contributed by atoms with Crippen molar-refractivity contribution in [2.45, 2.75) is 57.9 Å². The molecule has 1 aromatic rings. The van der Waals surface area contributed by atoms with Gasteiger partial charge in [0.2, 0.25) is 0 Å². The van der Waals surface area contributed by atoms with Crippen LogP contribution in [0.3, 0.4) is 0 Å². The predicted octanol–water partition coefficient (Wildman–Crippen LogP) is 5.18. The van der Waals surface area contributed by atoms with E-state index in [9.17, 15) is 0 Å². The normalized spacial score (nSPS) is 28.1. The fourth-order valence-corrected chi connectivity index (χ4v) is 3.94. The van der Waals surface area contributed by atoms with Gasteiger partial charge in [-0.25, -0.2) is 0 Å². The number of hydrogen-bond acceptors (Lipinski definition) is 1. The first-order valence-corrected chi connectivity index (χ1v) is 7.96. The van der Waals surface area contributed by atoms with Crippen molar-refractivity contribution in [2.24, 2.45) is 16.8 Å². The van der Waals surface area contributed by atoms with Crippen LogP contribution in [-0.4, -0.2) is 5.71 Å². The summed E-state index contributed by atoms with van der Waals surface area (Å²) >= 11 is 0. The number of nitrogens with zero attached hydrogens (tertiary/aromatic N) is 1. The number of hydrogen-bond donors (Lipinski definition) is 0. The molecular weight excluding hydrogens is 230 g/mol. The Morgan fingerprint density at radius 2 is 1.74 bits per heavy atom. The molecule has 0 bridgehead atoms. The van der Waals surface area contributed by atoms with Crippen molar-refractivity contribution >= 4 is 5.71 Å². The maximum atomic E-state index is 5.09. The minimum Gasteiger partial charge on any atom is -0.286 e. The second kappa shape index (κ2) is 5.90. The fraction of sp³-hybridized carbons (Fsp3) is 0.611. The molecule has 0 N–H and O–H groups in total. The minimum atomic E-state index is 0.332. The lowest BCUT2D eigenvalue weighted by molar-refractivity contribution is 0.422. The highest BCUT2D eigenvalue weighted by atomic mass is 14.8. The molecule has 1 heteroatoms. The average Bonchev–Trinajstić information content (AvgIpc) is 3.10. The van der Waals surface area contributed by atoms with E-state index in [-0.39, 0.29) is 0 Å².